The first-order valence-electron chi connectivity index (χ1n) is 5.82. The molecule has 1 N–H and O–H groups in total. The Morgan fingerprint density at radius 2 is 2.31 bits per heavy atom. The fourth-order valence-corrected chi connectivity index (χ4v) is 3.95. The average Bonchev–Trinajstić information content (AvgIpc) is 2.23. The molecule has 94 valence electrons. The molecule has 0 aromatic carbocycles. The van der Waals surface area contributed by atoms with Crippen molar-refractivity contribution in [2.45, 2.75) is 19.0 Å². The predicted molar refractivity (Wildman–Crippen MR) is 62.3 cm³/mol. The molecule has 0 amide bonds. The molecule has 0 radical (unpaired) electrons. The molecule has 0 aromatic heterocycles. The van der Waals surface area contributed by atoms with Gasteiger partial charge in [0, 0.05) is 31.7 Å². The number of morpholine rings is 1. The van der Waals surface area contributed by atoms with Crippen molar-refractivity contribution < 1.29 is 13.2 Å². The summed E-state index contributed by atoms with van der Waals surface area (Å²) in [4.78, 5) is 2.24. The summed E-state index contributed by atoms with van der Waals surface area (Å²) in [7, 11) is -2.80. The van der Waals surface area contributed by atoms with Gasteiger partial charge in [-0.05, 0) is 6.92 Å². The van der Waals surface area contributed by atoms with Crippen molar-refractivity contribution in [1.82, 2.24) is 10.2 Å². The lowest BCUT2D eigenvalue weighted by atomic mass is 10.2. The molecule has 6 heteroatoms. The molecule has 2 aliphatic heterocycles. The van der Waals surface area contributed by atoms with Gasteiger partial charge in [0.05, 0.1) is 24.7 Å². The molecule has 2 fully saturated rings. The highest BCUT2D eigenvalue weighted by molar-refractivity contribution is 7.91. The monoisotopic (exact) mass is 248 g/mol. The summed E-state index contributed by atoms with van der Waals surface area (Å²) in [6.45, 7) is 5.93. The van der Waals surface area contributed by atoms with Crippen molar-refractivity contribution in [2.24, 2.45) is 0 Å². The largest absolute Gasteiger partial charge is 0.378 e. The van der Waals surface area contributed by atoms with Crippen LogP contribution >= 0.6 is 0 Å². The first-order valence-corrected chi connectivity index (χ1v) is 7.64. The minimum Gasteiger partial charge on any atom is -0.378 e. The zero-order chi connectivity index (χ0) is 11.6. The van der Waals surface area contributed by atoms with Crippen molar-refractivity contribution in [3.05, 3.63) is 0 Å². The normalized spacial score (nSPS) is 36.1. The van der Waals surface area contributed by atoms with Crippen molar-refractivity contribution >= 4 is 9.84 Å². The minimum atomic E-state index is -2.80. The van der Waals surface area contributed by atoms with E-state index in [9.17, 15) is 8.42 Å². The van der Waals surface area contributed by atoms with Crippen molar-refractivity contribution in [3.63, 3.8) is 0 Å². The first-order chi connectivity index (χ1) is 7.57. The third-order valence-corrected chi connectivity index (χ3v) is 5.06. The Kier molecular flexibility index (Phi) is 3.84. The van der Waals surface area contributed by atoms with E-state index < -0.39 is 9.84 Å². The Bertz CT molecular complexity index is 325. The summed E-state index contributed by atoms with van der Waals surface area (Å²) in [5.41, 5.74) is 0. The van der Waals surface area contributed by atoms with Gasteiger partial charge in [-0.15, -0.1) is 0 Å². The highest BCUT2D eigenvalue weighted by Gasteiger charge is 2.29. The summed E-state index contributed by atoms with van der Waals surface area (Å²) in [6.07, 6.45) is 0. The smallest absolute Gasteiger partial charge is 0.153 e. The van der Waals surface area contributed by atoms with E-state index in [0.717, 1.165) is 26.3 Å². The summed E-state index contributed by atoms with van der Waals surface area (Å²) >= 11 is 0. The van der Waals surface area contributed by atoms with Crippen LogP contribution in [0, 0.1) is 0 Å². The second-order valence-electron chi connectivity index (χ2n) is 4.68. The van der Waals surface area contributed by atoms with Crippen LogP contribution in [0.25, 0.3) is 0 Å². The molecule has 5 nitrogen and oxygen atoms in total. The Morgan fingerprint density at radius 3 is 2.94 bits per heavy atom. The SMILES string of the molecule is CC1CS(=O)(=O)CCN1CC1COCCN1. The zero-order valence-corrected chi connectivity index (χ0v) is 10.5. The first kappa shape index (κ1) is 12.3. The molecule has 0 aromatic rings. The molecule has 0 spiro atoms. The van der Waals surface area contributed by atoms with Crippen LogP contribution in [0.3, 0.4) is 0 Å². The lowest BCUT2D eigenvalue weighted by molar-refractivity contribution is 0.0575. The molecular formula is C10H20N2O3S. The molecule has 2 aliphatic rings. The fourth-order valence-electron chi connectivity index (χ4n) is 2.32. The highest BCUT2D eigenvalue weighted by atomic mass is 32.2. The Labute approximate surface area is 97.1 Å². The molecule has 2 atom stereocenters. The minimum absolute atomic E-state index is 0.127. The molecule has 0 bridgehead atoms. The second kappa shape index (κ2) is 5.00. The molecule has 0 saturated carbocycles. The van der Waals surface area contributed by atoms with E-state index in [0.29, 0.717) is 24.1 Å². The third-order valence-electron chi connectivity index (χ3n) is 3.26. The van der Waals surface area contributed by atoms with Gasteiger partial charge >= 0.3 is 0 Å². The van der Waals surface area contributed by atoms with Gasteiger partial charge in [-0.1, -0.05) is 0 Å². The van der Waals surface area contributed by atoms with Crippen LogP contribution in [0.5, 0.6) is 0 Å². The standard InChI is InChI=1S/C10H20N2O3S/c1-9-8-16(13,14)5-3-12(9)6-10-7-15-4-2-11-10/h9-11H,2-8H2,1H3. The Hall–Kier alpha value is -0.170. The molecular weight excluding hydrogens is 228 g/mol. The van der Waals surface area contributed by atoms with E-state index in [4.69, 9.17) is 4.74 Å². The maximum atomic E-state index is 11.4. The van der Waals surface area contributed by atoms with Gasteiger partial charge in [0.15, 0.2) is 9.84 Å². The van der Waals surface area contributed by atoms with Crippen LogP contribution in [0.2, 0.25) is 0 Å². The van der Waals surface area contributed by atoms with Gasteiger partial charge in [-0.25, -0.2) is 8.42 Å². The van der Waals surface area contributed by atoms with E-state index >= 15 is 0 Å². The van der Waals surface area contributed by atoms with Crippen LogP contribution in [-0.2, 0) is 14.6 Å². The fraction of sp³-hybridized carbons (Fsp3) is 1.00. The zero-order valence-electron chi connectivity index (χ0n) is 9.68. The number of rotatable bonds is 2. The number of ether oxygens (including phenoxy) is 1. The number of hydrogen-bond acceptors (Lipinski definition) is 5. The lowest BCUT2D eigenvalue weighted by Gasteiger charge is -2.36. The summed E-state index contributed by atoms with van der Waals surface area (Å²) in [5.74, 6) is 0.589. The van der Waals surface area contributed by atoms with E-state index in [2.05, 4.69) is 10.2 Å². The predicted octanol–water partition coefficient (Wildman–Crippen LogP) is -0.906. The van der Waals surface area contributed by atoms with Crippen LogP contribution in [0.4, 0.5) is 0 Å². The Morgan fingerprint density at radius 1 is 1.50 bits per heavy atom. The quantitative estimate of drug-likeness (QED) is 0.686. The van der Waals surface area contributed by atoms with E-state index in [1.54, 1.807) is 0 Å². The van der Waals surface area contributed by atoms with Crippen molar-refractivity contribution in [2.75, 3.05) is 44.4 Å². The number of nitrogens with one attached hydrogen (secondary N) is 1. The Balaban J connectivity index is 1.86. The molecule has 0 aliphatic carbocycles. The van der Waals surface area contributed by atoms with E-state index in [1.165, 1.54) is 0 Å². The maximum absolute atomic E-state index is 11.4. The molecule has 2 saturated heterocycles. The lowest BCUT2D eigenvalue weighted by Crippen LogP contribution is -2.54. The van der Waals surface area contributed by atoms with Gasteiger partial charge in [-0.2, -0.15) is 0 Å². The van der Waals surface area contributed by atoms with Crippen molar-refractivity contribution in [1.29, 1.82) is 0 Å². The van der Waals surface area contributed by atoms with Gasteiger partial charge < -0.3 is 10.1 Å². The van der Waals surface area contributed by atoms with Gasteiger partial charge in [0.1, 0.15) is 0 Å². The van der Waals surface area contributed by atoms with Crippen LogP contribution in [0.15, 0.2) is 0 Å². The molecule has 2 unspecified atom stereocenters. The second-order valence-corrected chi connectivity index (χ2v) is 6.91. The van der Waals surface area contributed by atoms with Gasteiger partial charge in [-0.3, -0.25) is 4.90 Å². The average molecular weight is 248 g/mol. The highest BCUT2D eigenvalue weighted by Crippen LogP contribution is 2.12. The summed E-state index contributed by atoms with van der Waals surface area (Å²) < 4.78 is 28.3. The van der Waals surface area contributed by atoms with Gasteiger partial charge in [0.25, 0.3) is 0 Å². The number of nitrogens with zero attached hydrogens (tertiary/aromatic N) is 1. The maximum Gasteiger partial charge on any atom is 0.153 e. The summed E-state index contributed by atoms with van der Waals surface area (Å²) in [5, 5.41) is 3.39. The van der Waals surface area contributed by atoms with Crippen molar-refractivity contribution in [3.8, 4) is 0 Å². The van der Waals surface area contributed by atoms with Crippen LogP contribution in [-0.4, -0.2) is 69.8 Å². The topological polar surface area (TPSA) is 58.6 Å². The van der Waals surface area contributed by atoms with E-state index in [-0.39, 0.29) is 6.04 Å². The van der Waals surface area contributed by atoms with E-state index in [1.807, 2.05) is 6.92 Å². The van der Waals surface area contributed by atoms with Crippen LogP contribution in [0.1, 0.15) is 6.92 Å². The third kappa shape index (κ3) is 3.16. The number of sulfone groups is 1. The number of hydrogen-bond donors (Lipinski definition) is 1. The summed E-state index contributed by atoms with van der Waals surface area (Å²) in [6, 6.07) is 0.472. The van der Waals surface area contributed by atoms with Crippen LogP contribution < -0.4 is 5.32 Å². The van der Waals surface area contributed by atoms with Gasteiger partial charge in [0.2, 0.25) is 0 Å². The molecule has 16 heavy (non-hydrogen) atoms. The molecule has 2 heterocycles. The molecule has 2 rings (SSSR count).